The molecule has 0 unspecified atom stereocenters. The van der Waals surface area contributed by atoms with Gasteiger partial charge in [-0.25, -0.2) is 0 Å². The lowest BCUT2D eigenvalue weighted by atomic mass is 10.2. The zero-order valence-electron chi connectivity index (χ0n) is 7.57. The van der Waals surface area contributed by atoms with Gasteiger partial charge in [0.05, 0.1) is 19.4 Å². The Morgan fingerprint density at radius 2 is 2.31 bits per heavy atom. The van der Waals surface area contributed by atoms with Gasteiger partial charge in [0.25, 0.3) is 0 Å². The summed E-state index contributed by atoms with van der Waals surface area (Å²) in [5.41, 5.74) is 1.18. The van der Waals surface area contributed by atoms with Crippen molar-refractivity contribution in [2.45, 2.75) is 6.61 Å². The first kappa shape index (κ1) is 9.49. The van der Waals surface area contributed by atoms with Crippen LogP contribution in [0.4, 0.5) is 0 Å². The fraction of sp³-hybridized carbons (Fsp3) is 0.333. The molecule has 0 radical (unpaired) electrons. The van der Waals surface area contributed by atoms with Crippen LogP contribution in [0.2, 0.25) is 0 Å². The number of rotatable bonds is 3. The van der Waals surface area contributed by atoms with E-state index in [0.29, 0.717) is 17.9 Å². The molecule has 1 heterocycles. The SMILES string of the molecule is COCc1cc(OC)c(C#N)cn1. The monoisotopic (exact) mass is 178 g/mol. The van der Waals surface area contributed by atoms with Crippen LogP contribution < -0.4 is 4.74 Å². The molecule has 0 N–H and O–H groups in total. The van der Waals surface area contributed by atoms with Gasteiger partial charge in [-0.05, 0) is 0 Å². The van der Waals surface area contributed by atoms with Crippen molar-refractivity contribution in [2.75, 3.05) is 14.2 Å². The van der Waals surface area contributed by atoms with Gasteiger partial charge in [-0.2, -0.15) is 5.26 Å². The van der Waals surface area contributed by atoms with Crippen molar-refractivity contribution in [1.29, 1.82) is 5.26 Å². The average molecular weight is 178 g/mol. The number of aromatic nitrogens is 1. The molecule has 13 heavy (non-hydrogen) atoms. The van der Waals surface area contributed by atoms with E-state index in [4.69, 9.17) is 14.7 Å². The predicted molar refractivity (Wildman–Crippen MR) is 46.2 cm³/mol. The molecule has 0 saturated heterocycles. The molecule has 4 nitrogen and oxygen atoms in total. The van der Waals surface area contributed by atoms with Crippen LogP contribution in [-0.4, -0.2) is 19.2 Å². The minimum absolute atomic E-state index is 0.419. The van der Waals surface area contributed by atoms with Gasteiger partial charge in [-0.15, -0.1) is 0 Å². The van der Waals surface area contributed by atoms with E-state index in [-0.39, 0.29) is 0 Å². The fourth-order valence-corrected chi connectivity index (χ4v) is 0.957. The maximum absolute atomic E-state index is 8.67. The summed E-state index contributed by atoms with van der Waals surface area (Å²) >= 11 is 0. The Bertz CT molecular complexity index is 331. The summed E-state index contributed by atoms with van der Waals surface area (Å²) < 4.78 is 9.91. The van der Waals surface area contributed by atoms with Crippen molar-refractivity contribution in [2.24, 2.45) is 0 Å². The Morgan fingerprint density at radius 1 is 1.54 bits per heavy atom. The Labute approximate surface area is 76.7 Å². The first-order valence-corrected chi connectivity index (χ1v) is 3.73. The molecule has 1 aromatic heterocycles. The van der Waals surface area contributed by atoms with E-state index in [1.165, 1.54) is 13.3 Å². The summed E-state index contributed by atoms with van der Waals surface area (Å²) in [6.45, 7) is 0.419. The lowest BCUT2D eigenvalue weighted by molar-refractivity contribution is 0.181. The largest absolute Gasteiger partial charge is 0.495 e. The summed E-state index contributed by atoms with van der Waals surface area (Å²) in [5.74, 6) is 0.532. The molecule has 1 rings (SSSR count). The van der Waals surface area contributed by atoms with Gasteiger partial charge in [0.15, 0.2) is 0 Å². The van der Waals surface area contributed by atoms with Crippen molar-refractivity contribution < 1.29 is 9.47 Å². The highest BCUT2D eigenvalue weighted by molar-refractivity contribution is 5.41. The van der Waals surface area contributed by atoms with Crippen LogP contribution in [0.15, 0.2) is 12.3 Å². The van der Waals surface area contributed by atoms with E-state index in [9.17, 15) is 0 Å². The number of ether oxygens (including phenoxy) is 2. The molecule has 0 bridgehead atoms. The van der Waals surface area contributed by atoms with Crippen LogP contribution in [0.25, 0.3) is 0 Å². The summed E-state index contributed by atoms with van der Waals surface area (Å²) in [6.07, 6.45) is 1.48. The minimum atomic E-state index is 0.419. The van der Waals surface area contributed by atoms with Crippen LogP contribution in [-0.2, 0) is 11.3 Å². The number of hydrogen-bond acceptors (Lipinski definition) is 4. The number of hydrogen-bond donors (Lipinski definition) is 0. The molecule has 0 aliphatic heterocycles. The first-order valence-electron chi connectivity index (χ1n) is 3.73. The third-order valence-corrected chi connectivity index (χ3v) is 1.56. The molecule has 0 amide bonds. The fourth-order valence-electron chi connectivity index (χ4n) is 0.957. The molecule has 0 aliphatic carbocycles. The van der Waals surface area contributed by atoms with Crippen molar-refractivity contribution >= 4 is 0 Å². The van der Waals surface area contributed by atoms with Crippen LogP contribution in [0, 0.1) is 11.3 Å². The topological polar surface area (TPSA) is 55.1 Å². The Morgan fingerprint density at radius 3 is 2.85 bits per heavy atom. The Kier molecular flexibility index (Phi) is 3.23. The Hall–Kier alpha value is -1.60. The molecular weight excluding hydrogens is 168 g/mol. The van der Waals surface area contributed by atoms with Gasteiger partial charge >= 0.3 is 0 Å². The lowest BCUT2D eigenvalue weighted by Crippen LogP contribution is -1.96. The zero-order chi connectivity index (χ0) is 9.68. The van der Waals surface area contributed by atoms with Crippen molar-refractivity contribution in [3.05, 3.63) is 23.5 Å². The normalized spacial score (nSPS) is 9.31. The van der Waals surface area contributed by atoms with Crippen molar-refractivity contribution in [3.8, 4) is 11.8 Å². The quantitative estimate of drug-likeness (QED) is 0.695. The predicted octanol–water partition coefficient (Wildman–Crippen LogP) is 1.11. The van der Waals surface area contributed by atoms with E-state index >= 15 is 0 Å². The highest BCUT2D eigenvalue weighted by Gasteiger charge is 2.03. The van der Waals surface area contributed by atoms with E-state index < -0.39 is 0 Å². The van der Waals surface area contributed by atoms with E-state index in [2.05, 4.69) is 4.98 Å². The van der Waals surface area contributed by atoms with Gasteiger partial charge in [0.2, 0.25) is 0 Å². The highest BCUT2D eigenvalue weighted by Crippen LogP contribution is 2.17. The molecule has 0 saturated carbocycles. The van der Waals surface area contributed by atoms with Gasteiger partial charge in [-0.1, -0.05) is 0 Å². The molecule has 0 aliphatic rings. The maximum Gasteiger partial charge on any atom is 0.140 e. The van der Waals surface area contributed by atoms with Gasteiger partial charge < -0.3 is 9.47 Å². The summed E-state index contributed by atoms with van der Waals surface area (Å²) in [6, 6.07) is 3.68. The van der Waals surface area contributed by atoms with E-state index in [1.807, 2.05) is 6.07 Å². The van der Waals surface area contributed by atoms with Gasteiger partial charge in [-0.3, -0.25) is 4.98 Å². The number of nitrogens with zero attached hydrogens (tertiary/aromatic N) is 2. The third kappa shape index (κ3) is 2.17. The lowest BCUT2D eigenvalue weighted by Gasteiger charge is -2.04. The summed E-state index contributed by atoms with van der Waals surface area (Å²) in [4.78, 5) is 4.02. The van der Waals surface area contributed by atoms with Gasteiger partial charge in [0, 0.05) is 19.4 Å². The number of methoxy groups -OCH3 is 2. The maximum atomic E-state index is 8.67. The molecule has 68 valence electrons. The van der Waals surface area contributed by atoms with Crippen molar-refractivity contribution in [1.82, 2.24) is 4.98 Å². The second-order valence-electron chi connectivity index (χ2n) is 2.42. The van der Waals surface area contributed by atoms with E-state index in [0.717, 1.165) is 5.69 Å². The van der Waals surface area contributed by atoms with Crippen LogP contribution in [0.1, 0.15) is 11.3 Å². The van der Waals surface area contributed by atoms with Crippen LogP contribution in [0.5, 0.6) is 5.75 Å². The highest BCUT2D eigenvalue weighted by atomic mass is 16.5. The second kappa shape index (κ2) is 4.43. The Balaban J connectivity index is 3.00. The zero-order valence-corrected chi connectivity index (χ0v) is 7.57. The van der Waals surface area contributed by atoms with Gasteiger partial charge in [0.1, 0.15) is 17.4 Å². The third-order valence-electron chi connectivity index (χ3n) is 1.56. The number of nitriles is 1. The molecule has 0 atom stereocenters. The van der Waals surface area contributed by atoms with E-state index in [1.54, 1.807) is 13.2 Å². The van der Waals surface area contributed by atoms with Crippen LogP contribution >= 0.6 is 0 Å². The molecule has 0 fully saturated rings. The van der Waals surface area contributed by atoms with Crippen LogP contribution in [0.3, 0.4) is 0 Å². The smallest absolute Gasteiger partial charge is 0.140 e. The van der Waals surface area contributed by atoms with Crippen molar-refractivity contribution in [3.63, 3.8) is 0 Å². The average Bonchev–Trinajstić information content (AvgIpc) is 2.18. The molecule has 1 aromatic rings. The number of pyridine rings is 1. The molecule has 0 aromatic carbocycles. The summed E-state index contributed by atoms with van der Waals surface area (Å²) in [7, 11) is 3.11. The molecule has 0 spiro atoms. The molecule has 4 heteroatoms. The standard InChI is InChI=1S/C9H10N2O2/c1-12-6-8-3-9(13-2)7(4-10)5-11-8/h3,5H,6H2,1-2H3. The first-order chi connectivity index (χ1) is 6.31. The second-order valence-corrected chi connectivity index (χ2v) is 2.42. The summed E-state index contributed by atoms with van der Waals surface area (Å²) in [5, 5.41) is 8.67. The molecular formula is C9H10N2O2. The minimum Gasteiger partial charge on any atom is -0.495 e.